The lowest BCUT2D eigenvalue weighted by atomic mass is 10.2. The van der Waals surface area contributed by atoms with Crippen molar-refractivity contribution in [2.75, 3.05) is 11.9 Å². The van der Waals surface area contributed by atoms with Gasteiger partial charge in [0.15, 0.2) is 0 Å². The van der Waals surface area contributed by atoms with E-state index in [1.54, 1.807) is 0 Å². The molecule has 0 heterocycles. The van der Waals surface area contributed by atoms with E-state index in [2.05, 4.69) is 37.2 Å². The number of alkyl halides is 1. The molecule has 0 aliphatic heterocycles. The van der Waals surface area contributed by atoms with Gasteiger partial charge in [0, 0.05) is 21.9 Å². The second-order valence-corrected chi connectivity index (χ2v) is 5.37. The fourth-order valence-electron chi connectivity index (χ4n) is 1.41. The average Bonchev–Trinajstić information content (AvgIpc) is 2.26. The van der Waals surface area contributed by atoms with E-state index in [1.807, 2.05) is 12.1 Å². The molecule has 0 fully saturated rings. The minimum absolute atomic E-state index is 0.151. The van der Waals surface area contributed by atoms with E-state index in [4.69, 9.17) is 0 Å². The van der Waals surface area contributed by atoms with Crippen LogP contribution in [0.4, 0.5) is 4.39 Å². The molecule has 0 radical (unpaired) electrons. The van der Waals surface area contributed by atoms with Crippen LogP contribution in [0.3, 0.4) is 0 Å². The maximum absolute atomic E-state index is 13.4. The van der Waals surface area contributed by atoms with Gasteiger partial charge in [0.25, 0.3) is 0 Å². The van der Waals surface area contributed by atoms with Gasteiger partial charge in [0.2, 0.25) is 0 Å². The van der Waals surface area contributed by atoms with Gasteiger partial charge in [-0.1, -0.05) is 44.3 Å². The van der Waals surface area contributed by atoms with Gasteiger partial charge in [-0.25, -0.2) is 4.39 Å². The van der Waals surface area contributed by atoms with E-state index in [1.165, 1.54) is 18.9 Å². The minimum Gasteiger partial charge on any atom is -0.313 e. The van der Waals surface area contributed by atoms with Crippen LogP contribution in [0.1, 0.15) is 24.8 Å². The second-order valence-electron chi connectivity index (χ2n) is 3.66. The van der Waals surface area contributed by atoms with Gasteiger partial charge in [-0.3, -0.25) is 0 Å². The lowest BCUT2D eigenvalue weighted by Gasteiger charge is -2.06. The van der Waals surface area contributed by atoms with Crippen molar-refractivity contribution in [1.82, 2.24) is 5.32 Å². The Balaban J connectivity index is 2.21. The van der Waals surface area contributed by atoms with Crippen molar-refractivity contribution in [3.8, 4) is 0 Å². The zero-order valence-electron chi connectivity index (χ0n) is 9.11. The van der Waals surface area contributed by atoms with Crippen LogP contribution in [0.15, 0.2) is 22.7 Å². The summed E-state index contributed by atoms with van der Waals surface area (Å²) in [4.78, 5) is 0. The SMILES string of the molecule is Fc1cc(Br)ccc1CNCCCCCBr. The van der Waals surface area contributed by atoms with Crippen molar-refractivity contribution in [1.29, 1.82) is 0 Å². The van der Waals surface area contributed by atoms with Gasteiger partial charge in [-0.05, 0) is 31.5 Å². The van der Waals surface area contributed by atoms with E-state index < -0.39 is 0 Å². The molecule has 90 valence electrons. The molecular weight excluding hydrogens is 337 g/mol. The molecule has 0 bridgehead atoms. The highest BCUT2D eigenvalue weighted by Gasteiger charge is 2.01. The molecule has 1 nitrogen and oxygen atoms in total. The summed E-state index contributed by atoms with van der Waals surface area (Å²) in [5.74, 6) is -0.151. The van der Waals surface area contributed by atoms with E-state index in [0.29, 0.717) is 6.54 Å². The fourth-order valence-corrected chi connectivity index (χ4v) is 2.14. The third kappa shape index (κ3) is 5.41. The van der Waals surface area contributed by atoms with Gasteiger partial charge in [0.05, 0.1) is 0 Å². The molecule has 0 spiro atoms. The highest BCUT2D eigenvalue weighted by molar-refractivity contribution is 9.10. The van der Waals surface area contributed by atoms with Crippen LogP contribution in [0, 0.1) is 5.82 Å². The number of rotatable bonds is 7. The number of nitrogens with one attached hydrogen (secondary N) is 1. The van der Waals surface area contributed by atoms with Gasteiger partial charge >= 0.3 is 0 Å². The normalized spacial score (nSPS) is 10.7. The number of hydrogen-bond donors (Lipinski definition) is 1. The Morgan fingerprint density at radius 1 is 1.19 bits per heavy atom. The molecule has 0 unspecified atom stereocenters. The van der Waals surface area contributed by atoms with Gasteiger partial charge in [-0.2, -0.15) is 0 Å². The molecule has 4 heteroatoms. The zero-order valence-corrected chi connectivity index (χ0v) is 12.3. The number of unbranched alkanes of at least 4 members (excludes halogenated alkanes) is 2. The smallest absolute Gasteiger partial charge is 0.128 e. The largest absolute Gasteiger partial charge is 0.313 e. The van der Waals surface area contributed by atoms with Crippen molar-refractivity contribution >= 4 is 31.9 Å². The van der Waals surface area contributed by atoms with Gasteiger partial charge < -0.3 is 5.32 Å². The first-order chi connectivity index (χ1) is 7.74. The molecule has 0 saturated carbocycles. The summed E-state index contributed by atoms with van der Waals surface area (Å²) in [6.07, 6.45) is 3.55. The van der Waals surface area contributed by atoms with E-state index in [9.17, 15) is 4.39 Å². The molecular formula is C12H16Br2FN. The quantitative estimate of drug-likeness (QED) is 0.571. The summed E-state index contributed by atoms with van der Waals surface area (Å²) >= 11 is 6.64. The first kappa shape index (κ1) is 14.1. The molecule has 0 saturated heterocycles. The third-order valence-electron chi connectivity index (χ3n) is 2.32. The minimum atomic E-state index is -0.151. The van der Waals surface area contributed by atoms with Crippen LogP contribution in [0.2, 0.25) is 0 Å². The van der Waals surface area contributed by atoms with Crippen LogP contribution >= 0.6 is 31.9 Å². The highest BCUT2D eigenvalue weighted by atomic mass is 79.9. The summed E-state index contributed by atoms with van der Waals surface area (Å²) in [6, 6.07) is 5.18. The molecule has 1 aromatic carbocycles. The summed E-state index contributed by atoms with van der Waals surface area (Å²) in [7, 11) is 0. The molecule has 1 N–H and O–H groups in total. The molecule has 0 amide bonds. The molecule has 16 heavy (non-hydrogen) atoms. The lowest BCUT2D eigenvalue weighted by Crippen LogP contribution is -2.15. The van der Waals surface area contributed by atoms with Crippen molar-refractivity contribution in [2.24, 2.45) is 0 Å². The monoisotopic (exact) mass is 351 g/mol. The summed E-state index contributed by atoms with van der Waals surface area (Å²) in [5, 5.41) is 4.31. The first-order valence-corrected chi connectivity index (χ1v) is 7.36. The first-order valence-electron chi connectivity index (χ1n) is 5.44. The van der Waals surface area contributed by atoms with Gasteiger partial charge in [-0.15, -0.1) is 0 Å². The van der Waals surface area contributed by atoms with E-state index in [0.717, 1.165) is 28.3 Å². The Morgan fingerprint density at radius 2 is 2.00 bits per heavy atom. The molecule has 0 aromatic heterocycles. The maximum atomic E-state index is 13.4. The van der Waals surface area contributed by atoms with Crippen molar-refractivity contribution < 1.29 is 4.39 Å². The maximum Gasteiger partial charge on any atom is 0.128 e. The summed E-state index contributed by atoms with van der Waals surface area (Å²) in [6.45, 7) is 1.55. The molecule has 0 atom stereocenters. The molecule has 0 aliphatic carbocycles. The van der Waals surface area contributed by atoms with Crippen LogP contribution in [0.25, 0.3) is 0 Å². The predicted octanol–water partition coefficient (Wildman–Crippen LogP) is 4.24. The van der Waals surface area contributed by atoms with Crippen LogP contribution in [-0.4, -0.2) is 11.9 Å². The lowest BCUT2D eigenvalue weighted by molar-refractivity contribution is 0.574. The summed E-state index contributed by atoms with van der Waals surface area (Å²) in [5.41, 5.74) is 0.726. The summed E-state index contributed by atoms with van der Waals surface area (Å²) < 4.78 is 14.2. The standard InChI is InChI=1S/C12H16Br2FN/c13-6-2-1-3-7-16-9-10-4-5-11(14)8-12(10)15/h4-5,8,16H,1-3,6-7,9H2. The molecule has 1 rings (SSSR count). The second kappa shape index (κ2) is 8.20. The van der Waals surface area contributed by atoms with Gasteiger partial charge in [0.1, 0.15) is 5.82 Å². The van der Waals surface area contributed by atoms with Crippen LogP contribution < -0.4 is 5.32 Å². The Kier molecular flexibility index (Phi) is 7.25. The predicted molar refractivity (Wildman–Crippen MR) is 73.5 cm³/mol. The topological polar surface area (TPSA) is 12.0 Å². The molecule has 1 aromatic rings. The number of benzene rings is 1. The molecule has 0 aliphatic rings. The number of hydrogen-bond acceptors (Lipinski definition) is 1. The Labute approximate surface area is 113 Å². The Morgan fingerprint density at radius 3 is 2.69 bits per heavy atom. The average molecular weight is 353 g/mol. The highest BCUT2D eigenvalue weighted by Crippen LogP contribution is 2.14. The third-order valence-corrected chi connectivity index (χ3v) is 3.37. The van der Waals surface area contributed by atoms with Crippen molar-refractivity contribution in [2.45, 2.75) is 25.8 Å². The van der Waals surface area contributed by atoms with Crippen molar-refractivity contribution in [3.05, 3.63) is 34.1 Å². The van der Waals surface area contributed by atoms with E-state index >= 15 is 0 Å². The van der Waals surface area contributed by atoms with Crippen molar-refractivity contribution in [3.63, 3.8) is 0 Å². The van der Waals surface area contributed by atoms with Crippen LogP contribution in [-0.2, 0) is 6.54 Å². The number of halogens is 3. The van der Waals surface area contributed by atoms with E-state index in [-0.39, 0.29) is 5.82 Å². The Hall–Kier alpha value is 0.0700. The Bertz CT molecular complexity index is 318. The fraction of sp³-hybridized carbons (Fsp3) is 0.500. The zero-order chi connectivity index (χ0) is 11.8. The van der Waals surface area contributed by atoms with Crippen LogP contribution in [0.5, 0.6) is 0 Å².